The van der Waals surface area contributed by atoms with Gasteiger partial charge in [0.1, 0.15) is 0 Å². The van der Waals surface area contributed by atoms with Crippen molar-refractivity contribution in [3.63, 3.8) is 0 Å². The fourth-order valence-electron chi connectivity index (χ4n) is 0.321. The highest BCUT2D eigenvalue weighted by Gasteiger charge is 1.83. The van der Waals surface area contributed by atoms with Crippen LogP contribution in [0.2, 0.25) is 0 Å². The molecule has 0 aromatic heterocycles. The molecule has 0 unspecified atom stereocenters. The van der Waals surface area contributed by atoms with Gasteiger partial charge in [-0.1, -0.05) is 13.0 Å². The summed E-state index contributed by atoms with van der Waals surface area (Å²) in [6, 6.07) is 0. The summed E-state index contributed by atoms with van der Waals surface area (Å²) >= 11 is 0. The summed E-state index contributed by atoms with van der Waals surface area (Å²) in [5.41, 5.74) is 1.00. The molecule has 0 aromatic rings. The van der Waals surface area contributed by atoms with Crippen molar-refractivity contribution in [2.24, 2.45) is 0 Å². The maximum atomic E-state index is 8.42. The maximum Gasteiger partial charge on any atom is 0.0641 e. The zero-order valence-electron chi connectivity index (χ0n) is 4.65. The van der Waals surface area contributed by atoms with Crippen LogP contribution in [0.1, 0.15) is 13.3 Å². The zero-order chi connectivity index (χ0) is 5.70. The largest absolute Gasteiger partial charge is 0.392 e. The first kappa shape index (κ1) is 6.70. The van der Waals surface area contributed by atoms with Crippen molar-refractivity contribution in [2.75, 3.05) is 6.61 Å². The lowest BCUT2D eigenvalue weighted by molar-refractivity contribution is 0.327. The van der Waals surface area contributed by atoms with Crippen molar-refractivity contribution in [3.05, 3.63) is 18.6 Å². The van der Waals surface area contributed by atoms with E-state index in [2.05, 4.69) is 6.92 Å². The molecule has 0 aliphatic rings. The molecule has 1 heteroatoms. The maximum absolute atomic E-state index is 8.42. The van der Waals surface area contributed by atoms with Gasteiger partial charge in [-0.15, -0.1) is 0 Å². The van der Waals surface area contributed by atoms with Gasteiger partial charge < -0.3 is 5.11 Å². The van der Waals surface area contributed by atoms with Crippen LogP contribution in [-0.2, 0) is 0 Å². The minimum absolute atomic E-state index is 0.153. The summed E-state index contributed by atoms with van der Waals surface area (Å²) in [6.07, 6.45) is 2.60. The van der Waals surface area contributed by atoms with Gasteiger partial charge in [-0.3, -0.25) is 0 Å². The first-order valence-corrected chi connectivity index (χ1v) is 2.43. The Bertz CT molecular complexity index is 58.6. The standard InChI is InChI=1S/C6H11O/c1-3-6(4-2)5-7/h3,7H,1,4-5H2,2H3/b6-3-. The average Bonchev–Trinajstić information content (AvgIpc) is 1.72. The number of allylic oxidation sites excluding steroid dienone is 1. The fourth-order valence-corrected chi connectivity index (χ4v) is 0.321. The third-order valence-electron chi connectivity index (χ3n) is 0.946. The lowest BCUT2D eigenvalue weighted by Crippen LogP contribution is -1.85. The van der Waals surface area contributed by atoms with Gasteiger partial charge in [-0.25, -0.2) is 0 Å². The Kier molecular flexibility index (Phi) is 3.71. The summed E-state index contributed by atoms with van der Waals surface area (Å²) < 4.78 is 0. The van der Waals surface area contributed by atoms with E-state index in [0.29, 0.717) is 0 Å². The van der Waals surface area contributed by atoms with Crippen molar-refractivity contribution in [2.45, 2.75) is 13.3 Å². The van der Waals surface area contributed by atoms with Gasteiger partial charge in [0.15, 0.2) is 0 Å². The summed E-state index contributed by atoms with van der Waals surface area (Å²) in [7, 11) is 0. The second-order valence-electron chi connectivity index (χ2n) is 1.37. The van der Waals surface area contributed by atoms with Crippen LogP contribution >= 0.6 is 0 Å². The molecule has 0 aliphatic carbocycles. The molecular formula is C6H11O. The molecule has 0 aliphatic heterocycles. The minimum atomic E-state index is 0.153. The second-order valence-corrected chi connectivity index (χ2v) is 1.37. The quantitative estimate of drug-likeness (QED) is 0.550. The fraction of sp³-hybridized carbons (Fsp3) is 0.500. The molecule has 1 nitrogen and oxygen atoms in total. The molecule has 41 valence electrons. The topological polar surface area (TPSA) is 20.2 Å². The molecule has 1 radical (unpaired) electrons. The predicted octanol–water partition coefficient (Wildman–Crippen LogP) is 1.15. The highest BCUT2D eigenvalue weighted by atomic mass is 16.3. The van der Waals surface area contributed by atoms with Crippen molar-refractivity contribution < 1.29 is 5.11 Å². The number of rotatable bonds is 2. The molecule has 0 heterocycles. The van der Waals surface area contributed by atoms with E-state index in [4.69, 9.17) is 5.11 Å². The first-order valence-electron chi connectivity index (χ1n) is 2.43. The van der Waals surface area contributed by atoms with Crippen LogP contribution < -0.4 is 0 Å². The van der Waals surface area contributed by atoms with Crippen LogP contribution in [-0.4, -0.2) is 11.7 Å². The molecule has 0 bridgehead atoms. The normalized spacial score (nSPS) is 12.1. The van der Waals surface area contributed by atoms with E-state index >= 15 is 0 Å². The van der Waals surface area contributed by atoms with E-state index in [9.17, 15) is 0 Å². The Morgan fingerprint density at radius 2 is 2.43 bits per heavy atom. The molecule has 0 saturated heterocycles. The van der Waals surface area contributed by atoms with Gasteiger partial charge in [0.25, 0.3) is 0 Å². The van der Waals surface area contributed by atoms with Gasteiger partial charge >= 0.3 is 0 Å². The predicted molar refractivity (Wildman–Crippen MR) is 30.8 cm³/mol. The Balaban J connectivity index is 3.38. The highest BCUT2D eigenvalue weighted by molar-refractivity contribution is 5.02. The Morgan fingerprint density at radius 1 is 1.86 bits per heavy atom. The summed E-state index contributed by atoms with van der Waals surface area (Å²) in [5.74, 6) is 0. The molecule has 0 aromatic carbocycles. The van der Waals surface area contributed by atoms with Gasteiger partial charge in [0.05, 0.1) is 6.61 Å². The molecule has 0 amide bonds. The van der Waals surface area contributed by atoms with Crippen molar-refractivity contribution in [1.82, 2.24) is 0 Å². The van der Waals surface area contributed by atoms with Crippen LogP contribution in [0.5, 0.6) is 0 Å². The van der Waals surface area contributed by atoms with Gasteiger partial charge in [0, 0.05) is 0 Å². The SMILES string of the molecule is [CH2]/C=C(/CC)CO. The average molecular weight is 99.2 g/mol. The lowest BCUT2D eigenvalue weighted by Gasteiger charge is -1.92. The molecule has 0 fully saturated rings. The number of aliphatic hydroxyl groups is 1. The third kappa shape index (κ3) is 2.40. The molecular weight excluding hydrogens is 88.1 g/mol. The highest BCUT2D eigenvalue weighted by Crippen LogP contribution is 1.95. The molecule has 7 heavy (non-hydrogen) atoms. The summed E-state index contributed by atoms with van der Waals surface area (Å²) in [4.78, 5) is 0. The number of hydrogen-bond donors (Lipinski definition) is 1. The van der Waals surface area contributed by atoms with E-state index in [1.165, 1.54) is 0 Å². The van der Waals surface area contributed by atoms with Crippen molar-refractivity contribution in [1.29, 1.82) is 0 Å². The Morgan fingerprint density at radius 3 is 2.43 bits per heavy atom. The minimum Gasteiger partial charge on any atom is -0.392 e. The van der Waals surface area contributed by atoms with E-state index in [1.807, 2.05) is 6.92 Å². The van der Waals surface area contributed by atoms with Gasteiger partial charge in [0.2, 0.25) is 0 Å². The monoisotopic (exact) mass is 99.1 g/mol. The Labute approximate surface area is 44.7 Å². The van der Waals surface area contributed by atoms with E-state index in [1.54, 1.807) is 6.08 Å². The van der Waals surface area contributed by atoms with Gasteiger partial charge in [-0.05, 0) is 18.9 Å². The molecule has 0 atom stereocenters. The Hall–Kier alpha value is -0.300. The van der Waals surface area contributed by atoms with Crippen LogP contribution in [0, 0.1) is 6.92 Å². The zero-order valence-corrected chi connectivity index (χ0v) is 4.65. The van der Waals surface area contributed by atoms with Crippen LogP contribution in [0.15, 0.2) is 11.6 Å². The molecule has 0 saturated carbocycles. The van der Waals surface area contributed by atoms with Crippen LogP contribution in [0.25, 0.3) is 0 Å². The van der Waals surface area contributed by atoms with E-state index < -0.39 is 0 Å². The van der Waals surface area contributed by atoms with Crippen molar-refractivity contribution >= 4 is 0 Å². The first-order chi connectivity index (χ1) is 3.35. The van der Waals surface area contributed by atoms with E-state index in [-0.39, 0.29) is 6.61 Å². The molecule has 0 spiro atoms. The number of aliphatic hydroxyl groups excluding tert-OH is 1. The van der Waals surface area contributed by atoms with Crippen LogP contribution in [0.4, 0.5) is 0 Å². The third-order valence-corrected chi connectivity index (χ3v) is 0.946. The smallest absolute Gasteiger partial charge is 0.0641 e. The van der Waals surface area contributed by atoms with Crippen LogP contribution in [0.3, 0.4) is 0 Å². The second kappa shape index (κ2) is 3.88. The lowest BCUT2D eigenvalue weighted by atomic mass is 10.2. The number of hydrogen-bond acceptors (Lipinski definition) is 1. The summed E-state index contributed by atoms with van der Waals surface area (Å²) in [5, 5.41) is 8.42. The molecule has 1 N–H and O–H groups in total. The van der Waals surface area contributed by atoms with Gasteiger partial charge in [-0.2, -0.15) is 0 Å². The van der Waals surface area contributed by atoms with E-state index in [0.717, 1.165) is 12.0 Å². The summed E-state index contributed by atoms with van der Waals surface area (Å²) in [6.45, 7) is 5.65. The van der Waals surface area contributed by atoms with Crippen molar-refractivity contribution in [3.8, 4) is 0 Å². The molecule has 0 rings (SSSR count).